The second-order valence-corrected chi connectivity index (χ2v) is 3.38. The number of aromatic nitrogens is 2. The molecule has 0 radical (unpaired) electrons. The molecule has 0 spiro atoms. The summed E-state index contributed by atoms with van der Waals surface area (Å²) in [7, 11) is 0. The Kier molecular flexibility index (Phi) is 2.12. The van der Waals surface area contributed by atoms with Gasteiger partial charge in [-0.3, -0.25) is 0 Å². The summed E-state index contributed by atoms with van der Waals surface area (Å²) in [5.74, 6) is 0.251. The maximum Gasteiger partial charge on any atom is 0.218 e. The van der Waals surface area contributed by atoms with Crippen LogP contribution < -0.4 is 4.90 Å². The summed E-state index contributed by atoms with van der Waals surface area (Å²) in [4.78, 5) is 9.59. The van der Waals surface area contributed by atoms with Crippen molar-refractivity contribution in [1.29, 1.82) is 0 Å². The van der Waals surface area contributed by atoms with Crippen LogP contribution in [-0.2, 0) is 0 Å². The van der Waals surface area contributed by atoms with Gasteiger partial charge in [0, 0.05) is 18.7 Å². The van der Waals surface area contributed by atoms with Crippen molar-refractivity contribution >= 4 is 5.82 Å². The Bertz CT molecular complexity index is 303. The first-order valence-corrected chi connectivity index (χ1v) is 4.51. The van der Waals surface area contributed by atoms with E-state index in [4.69, 9.17) is 0 Å². The highest BCUT2D eigenvalue weighted by Gasteiger charge is 2.21. The molecule has 1 atom stereocenters. The fraction of sp³-hybridized carbons (Fsp3) is 0.556. The molecule has 1 fully saturated rings. The number of hydrogen-bond donors (Lipinski definition) is 0. The second kappa shape index (κ2) is 3.28. The van der Waals surface area contributed by atoms with Crippen molar-refractivity contribution in [2.24, 2.45) is 0 Å². The fourth-order valence-corrected chi connectivity index (χ4v) is 1.75. The van der Waals surface area contributed by atoms with Crippen LogP contribution in [0.3, 0.4) is 0 Å². The van der Waals surface area contributed by atoms with E-state index in [0.29, 0.717) is 11.9 Å². The number of hydrogen-bond acceptors (Lipinski definition) is 3. The third-order valence-corrected chi connectivity index (χ3v) is 2.47. The summed E-state index contributed by atoms with van der Waals surface area (Å²) in [5, 5.41) is 0. The molecule has 1 aliphatic rings. The lowest BCUT2D eigenvalue weighted by atomic mass is 10.2. The Morgan fingerprint density at radius 3 is 3.00 bits per heavy atom. The van der Waals surface area contributed by atoms with Crippen molar-refractivity contribution in [3.8, 4) is 0 Å². The highest BCUT2D eigenvalue weighted by Crippen LogP contribution is 2.22. The second-order valence-electron chi connectivity index (χ2n) is 3.38. The lowest BCUT2D eigenvalue weighted by Gasteiger charge is -2.21. The van der Waals surface area contributed by atoms with Crippen LogP contribution in [-0.4, -0.2) is 22.6 Å². The van der Waals surface area contributed by atoms with E-state index in [0.717, 1.165) is 19.4 Å². The molecule has 0 N–H and O–H groups in total. The van der Waals surface area contributed by atoms with Crippen LogP contribution in [0.4, 0.5) is 10.2 Å². The molecule has 1 aromatic heterocycles. The maximum atomic E-state index is 12.8. The molecule has 13 heavy (non-hydrogen) atoms. The summed E-state index contributed by atoms with van der Waals surface area (Å²) in [6, 6.07) is 1.86. The molecule has 70 valence electrons. The first-order chi connectivity index (χ1) is 6.27. The topological polar surface area (TPSA) is 29.0 Å². The first-order valence-electron chi connectivity index (χ1n) is 4.51. The Labute approximate surface area is 76.6 Å². The molecule has 2 rings (SSSR count). The summed E-state index contributed by atoms with van der Waals surface area (Å²) in [5.41, 5.74) is 0. The molecule has 3 nitrogen and oxygen atoms in total. The smallest absolute Gasteiger partial charge is 0.218 e. The van der Waals surface area contributed by atoms with E-state index in [1.807, 2.05) is 0 Å². The van der Waals surface area contributed by atoms with E-state index in [9.17, 15) is 4.39 Å². The highest BCUT2D eigenvalue weighted by atomic mass is 19.1. The third-order valence-electron chi connectivity index (χ3n) is 2.47. The van der Waals surface area contributed by atoms with Gasteiger partial charge in [0.2, 0.25) is 5.95 Å². The normalized spacial score (nSPS) is 22.3. The zero-order valence-electron chi connectivity index (χ0n) is 7.57. The average Bonchev–Trinajstić information content (AvgIpc) is 2.51. The van der Waals surface area contributed by atoms with Crippen molar-refractivity contribution < 1.29 is 4.39 Å². The van der Waals surface area contributed by atoms with Crippen molar-refractivity contribution in [2.45, 2.75) is 25.8 Å². The standard InChI is InChI=1S/C9H12FN3/c1-7-3-2-4-13(7)9-5-8(10)11-6-12-9/h5-7H,2-4H2,1H3. The van der Waals surface area contributed by atoms with Crippen LogP contribution >= 0.6 is 0 Å². The Balaban J connectivity index is 2.24. The van der Waals surface area contributed by atoms with Gasteiger partial charge in [-0.2, -0.15) is 4.39 Å². The summed E-state index contributed by atoms with van der Waals surface area (Å²) < 4.78 is 12.8. The molecule has 1 aliphatic heterocycles. The van der Waals surface area contributed by atoms with Gasteiger partial charge in [-0.25, -0.2) is 9.97 Å². The number of nitrogens with zero attached hydrogens (tertiary/aromatic N) is 3. The minimum absolute atomic E-state index is 0.455. The molecule has 0 bridgehead atoms. The number of rotatable bonds is 1. The zero-order chi connectivity index (χ0) is 9.26. The van der Waals surface area contributed by atoms with Crippen molar-refractivity contribution in [3.05, 3.63) is 18.3 Å². The molecule has 0 amide bonds. The zero-order valence-corrected chi connectivity index (χ0v) is 7.57. The largest absolute Gasteiger partial charge is 0.354 e. The molecule has 4 heteroatoms. The van der Waals surface area contributed by atoms with Crippen LogP contribution in [0.5, 0.6) is 0 Å². The number of halogens is 1. The molecule has 0 saturated carbocycles. The van der Waals surface area contributed by atoms with Gasteiger partial charge in [0.05, 0.1) is 0 Å². The SMILES string of the molecule is CC1CCCN1c1cc(F)ncn1. The predicted octanol–water partition coefficient (Wildman–Crippen LogP) is 1.60. The van der Waals surface area contributed by atoms with E-state index in [2.05, 4.69) is 21.8 Å². The molecule has 2 heterocycles. The van der Waals surface area contributed by atoms with E-state index in [1.54, 1.807) is 0 Å². The Morgan fingerprint density at radius 1 is 1.54 bits per heavy atom. The molecule has 0 aliphatic carbocycles. The third kappa shape index (κ3) is 1.61. The lowest BCUT2D eigenvalue weighted by Crippen LogP contribution is -2.27. The van der Waals surface area contributed by atoms with Gasteiger partial charge in [0.1, 0.15) is 12.1 Å². The van der Waals surface area contributed by atoms with E-state index < -0.39 is 5.95 Å². The summed E-state index contributed by atoms with van der Waals surface area (Å²) in [6.45, 7) is 3.10. The minimum Gasteiger partial charge on any atom is -0.354 e. The Morgan fingerprint density at radius 2 is 2.38 bits per heavy atom. The molecule has 1 saturated heterocycles. The van der Waals surface area contributed by atoms with Crippen LogP contribution in [0.15, 0.2) is 12.4 Å². The van der Waals surface area contributed by atoms with E-state index in [1.165, 1.54) is 12.4 Å². The van der Waals surface area contributed by atoms with Gasteiger partial charge >= 0.3 is 0 Å². The average molecular weight is 181 g/mol. The summed E-state index contributed by atoms with van der Waals surface area (Å²) in [6.07, 6.45) is 3.59. The van der Waals surface area contributed by atoms with Crippen molar-refractivity contribution in [2.75, 3.05) is 11.4 Å². The molecule has 1 unspecified atom stereocenters. The van der Waals surface area contributed by atoms with Crippen LogP contribution in [0.25, 0.3) is 0 Å². The quantitative estimate of drug-likeness (QED) is 0.616. The van der Waals surface area contributed by atoms with Gasteiger partial charge in [-0.15, -0.1) is 0 Å². The maximum absolute atomic E-state index is 12.8. The summed E-state index contributed by atoms with van der Waals surface area (Å²) >= 11 is 0. The van der Waals surface area contributed by atoms with Crippen molar-refractivity contribution in [3.63, 3.8) is 0 Å². The van der Waals surface area contributed by atoms with Gasteiger partial charge in [0.25, 0.3) is 0 Å². The first kappa shape index (κ1) is 8.41. The lowest BCUT2D eigenvalue weighted by molar-refractivity contribution is 0.577. The molecule has 1 aromatic rings. The van der Waals surface area contributed by atoms with Gasteiger partial charge in [-0.1, -0.05) is 0 Å². The van der Waals surface area contributed by atoms with Crippen LogP contribution in [0, 0.1) is 5.95 Å². The predicted molar refractivity (Wildman–Crippen MR) is 48.0 cm³/mol. The monoisotopic (exact) mass is 181 g/mol. The van der Waals surface area contributed by atoms with Crippen LogP contribution in [0.2, 0.25) is 0 Å². The number of anilines is 1. The fourth-order valence-electron chi connectivity index (χ4n) is 1.75. The van der Waals surface area contributed by atoms with Crippen molar-refractivity contribution in [1.82, 2.24) is 9.97 Å². The van der Waals surface area contributed by atoms with Gasteiger partial charge in [-0.05, 0) is 19.8 Å². The van der Waals surface area contributed by atoms with E-state index >= 15 is 0 Å². The Hall–Kier alpha value is -1.19. The van der Waals surface area contributed by atoms with Crippen LogP contribution in [0.1, 0.15) is 19.8 Å². The van der Waals surface area contributed by atoms with E-state index in [-0.39, 0.29) is 0 Å². The molecule has 0 aromatic carbocycles. The minimum atomic E-state index is -0.455. The van der Waals surface area contributed by atoms with Gasteiger partial charge in [0.15, 0.2) is 0 Å². The molecular weight excluding hydrogens is 169 g/mol. The highest BCUT2D eigenvalue weighted by molar-refractivity contribution is 5.39. The van der Waals surface area contributed by atoms with Gasteiger partial charge < -0.3 is 4.90 Å². The molecular formula is C9H12FN3.